The third kappa shape index (κ3) is 2.06. The molecule has 0 aliphatic rings. The average Bonchev–Trinajstić information content (AvgIpc) is 1.37. The van der Waals surface area contributed by atoms with Gasteiger partial charge in [0.25, 0.3) is 0 Å². The zero-order chi connectivity index (χ0) is 3.41. The summed E-state index contributed by atoms with van der Waals surface area (Å²) in [5.41, 5.74) is 0. The Morgan fingerprint density at radius 1 is 1.75 bits per heavy atom. The molecular formula is CH2O2P. The molecule has 3 heteroatoms. The van der Waals surface area contributed by atoms with E-state index in [1.165, 1.54) is 0 Å². The highest BCUT2D eigenvalue weighted by Gasteiger charge is 1.59. The molecule has 0 aromatic heterocycles. The van der Waals surface area contributed by atoms with Gasteiger partial charge in [0.05, 0.1) is 0 Å². The van der Waals surface area contributed by atoms with Crippen molar-refractivity contribution < 1.29 is 9.67 Å². The molecule has 0 aromatic rings. The molecule has 0 atom stereocenters. The molecular weight excluding hydrogens is 75.0 g/mol. The Kier molecular flexibility index (Phi) is 3.11. The van der Waals surface area contributed by atoms with Crippen LogP contribution in [0.15, 0.2) is 0 Å². The maximum Gasteiger partial charge on any atom is 0.187 e. The minimum Gasteiger partial charge on any atom is -0.272 e. The molecule has 2 nitrogen and oxygen atoms in total. The summed E-state index contributed by atoms with van der Waals surface area (Å²) in [7, 11) is -0.307. The highest BCUT2D eigenvalue weighted by molar-refractivity contribution is 7.23. The van der Waals surface area contributed by atoms with E-state index in [4.69, 9.17) is 9.67 Å². The first-order chi connectivity index (χ1) is 1.91. The van der Waals surface area contributed by atoms with Gasteiger partial charge < -0.3 is 0 Å². The first-order valence-electron chi connectivity index (χ1n) is 0.787. The van der Waals surface area contributed by atoms with Gasteiger partial charge in [-0.15, -0.1) is 0 Å². The minimum absolute atomic E-state index is 0.307. The quantitative estimate of drug-likeness (QED) is 0.423. The molecule has 0 heterocycles. The third-order valence-corrected chi connectivity index (χ3v) is 0.158. The van der Waals surface area contributed by atoms with Crippen molar-refractivity contribution >= 4 is 8.46 Å². The van der Waals surface area contributed by atoms with Crippen molar-refractivity contribution in [1.29, 1.82) is 0 Å². The van der Waals surface area contributed by atoms with Gasteiger partial charge in [-0.3, -0.25) is 4.57 Å². The Bertz CT molecular complexity index is 20.0. The van der Waals surface area contributed by atoms with Crippen molar-refractivity contribution in [2.45, 2.75) is 0 Å². The van der Waals surface area contributed by atoms with Crippen molar-refractivity contribution in [1.82, 2.24) is 0 Å². The Hall–Kier alpha value is 0.0600. The maximum absolute atomic E-state index is 8.97. The maximum atomic E-state index is 8.97. The molecule has 0 amide bonds. The average molecular weight is 77.0 g/mol. The Morgan fingerprint density at radius 3 is 2.00 bits per heavy atom. The Balaban J connectivity index is 2.30. The van der Waals surface area contributed by atoms with Gasteiger partial charge in [-0.25, -0.2) is 5.11 Å². The van der Waals surface area contributed by atoms with Crippen LogP contribution in [0.25, 0.3) is 0 Å². The van der Waals surface area contributed by atoms with Crippen LogP contribution in [0.5, 0.6) is 0 Å². The van der Waals surface area contributed by atoms with Crippen LogP contribution < -0.4 is 0 Å². The molecule has 0 fully saturated rings. The molecule has 0 aliphatic carbocycles. The molecule has 0 rings (SSSR count). The normalized spacial score (nSPS) is 8.25. The van der Waals surface area contributed by atoms with Gasteiger partial charge in [0.2, 0.25) is 0 Å². The second-order valence-electron chi connectivity index (χ2n) is 0.258. The summed E-state index contributed by atoms with van der Waals surface area (Å²) >= 11 is 0. The number of rotatable bonds is 1. The fourth-order valence-corrected chi connectivity index (χ4v) is 0. The lowest BCUT2D eigenvalue weighted by Crippen LogP contribution is -1.46. The van der Waals surface area contributed by atoms with Crippen LogP contribution in [0.4, 0.5) is 0 Å². The third-order valence-electron chi connectivity index (χ3n) is 0.0527. The zero-order valence-electron chi connectivity index (χ0n) is 1.97. The standard InChI is InChI=1S/CH2O2P/c2-1-4-3/h1H2. The van der Waals surface area contributed by atoms with Gasteiger partial charge in [0, 0.05) is 0 Å². The van der Waals surface area contributed by atoms with Crippen molar-refractivity contribution in [2.75, 3.05) is 6.35 Å². The highest BCUT2D eigenvalue weighted by atomic mass is 31.1. The molecule has 0 saturated heterocycles. The van der Waals surface area contributed by atoms with E-state index in [2.05, 4.69) is 0 Å². The molecule has 0 N–H and O–H groups in total. The molecule has 0 bridgehead atoms. The predicted octanol–water partition coefficient (Wildman–Crippen LogP) is 0.666. The molecule has 0 aliphatic heterocycles. The van der Waals surface area contributed by atoms with E-state index in [1.54, 1.807) is 0 Å². The van der Waals surface area contributed by atoms with Crippen LogP contribution in [0, 0.1) is 0 Å². The fourth-order valence-electron chi connectivity index (χ4n) is 0. The van der Waals surface area contributed by atoms with E-state index in [0.717, 1.165) is 0 Å². The Morgan fingerprint density at radius 2 is 2.00 bits per heavy atom. The van der Waals surface area contributed by atoms with E-state index >= 15 is 0 Å². The summed E-state index contributed by atoms with van der Waals surface area (Å²) in [6, 6.07) is 0. The van der Waals surface area contributed by atoms with Gasteiger partial charge >= 0.3 is 0 Å². The lowest BCUT2D eigenvalue weighted by Gasteiger charge is -1.46. The molecule has 1 radical (unpaired) electrons. The lowest BCUT2D eigenvalue weighted by molar-refractivity contribution is 0.255. The van der Waals surface area contributed by atoms with E-state index in [9.17, 15) is 0 Å². The molecule has 0 spiro atoms. The number of hydrogen-bond donors (Lipinski definition) is 0. The molecule has 0 unspecified atom stereocenters. The van der Waals surface area contributed by atoms with Crippen LogP contribution in [-0.2, 0) is 9.67 Å². The first-order valence-corrected chi connectivity index (χ1v) is 1.79. The molecule has 0 aromatic carbocycles. The monoisotopic (exact) mass is 77.0 g/mol. The summed E-state index contributed by atoms with van der Waals surface area (Å²) < 4.78 is 8.96. The molecule has 23 valence electrons. The second-order valence-corrected chi connectivity index (χ2v) is 0.775. The zero-order valence-corrected chi connectivity index (χ0v) is 2.87. The van der Waals surface area contributed by atoms with Crippen LogP contribution >= 0.6 is 8.46 Å². The summed E-state index contributed by atoms with van der Waals surface area (Å²) in [5.74, 6) is 0. The van der Waals surface area contributed by atoms with E-state index in [1.807, 2.05) is 0 Å². The summed E-state index contributed by atoms with van der Waals surface area (Å²) in [6.45, 7) is 0. The van der Waals surface area contributed by atoms with Gasteiger partial charge in [0.15, 0.2) is 14.8 Å². The summed E-state index contributed by atoms with van der Waals surface area (Å²) in [4.78, 5) is 0. The first kappa shape index (κ1) is 4.06. The molecule has 0 saturated carbocycles. The summed E-state index contributed by atoms with van der Waals surface area (Å²) in [6.07, 6.45) is -0.514. The smallest absolute Gasteiger partial charge is 0.187 e. The second kappa shape index (κ2) is 3.06. The van der Waals surface area contributed by atoms with Crippen molar-refractivity contribution in [3.63, 3.8) is 0 Å². The van der Waals surface area contributed by atoms with E-state index in [-0.39, 0.29) is 8.46 Å². The van der Waals surface area contributed by atoms with E-state index in [0.29, 0.717) is 0 Å². The topological polar surface area (TPSA) is 37.0 Å². The van der Waals surface area contributed by atoms with Crippen LogP contribution in [0.3, 0.4) is 0 Å². The van der Waals surface area contributed by atoms with Gasteiger partial charge in [0.1, 0.15) is 0 Å². The largest absolute Gasteiger partial charge is 0.272 e. The van der Waals surface area contributed by atoms with E-state index < -0.39 is 6.35 Å². The summed E-state index contributed by atoms with van der Waals surface area (Å²) in [5, 5.41) is 8.97. The van der Waals surface area contributed by atoms with Crippen LogP contribution in [0.1, 0.15) is 0 Å². The Labute approximate surface area is 25.7 Å². The highest BCUT2D eigenvalue weighted by Crippen LogP contribution is 1.80. The lowest BCUT2D eigenvalue weighted by atomic mass is 11.7. The van der Waals surface area contributed by atoms with Crippen molar-refractivity contribution in [3.05, 3.63) is 0 Å². The fraction of sp³-hybridized carbons (Fsp3) is 1.00. The van der Waals surface area contributed by atoms with Gasteiger partial charge in [-0.1, -0.05) is 0 Å². The van der Waals surface area contributed by atoms with Crippen LogP contribution in [-0.4, -0.2) is 6.35 Å². The van der Waals surface area contributed by atoms with Crippen LogP contribution in [0.2, 0.25) is 0 Å². The molecule has 4 heavy (non-hydrogen) atoms. The minimum atomic E-state index is -0.514. The van der Waals surface area contributed by atoms with Crippen molar-refractivity contribution in [3.8, 4) is 0 Å². The van der Waals surface area contributed by atoms with Crippen molar-refractivity contribution in [2.24, 2.45) is 0 Å². The predicted molar refractivity (Wildman–Crippen MR) is 13.2 cm³/mol. The SMILES string of the molecule is [O]CP=O. The van der Waals surface area contributed by atoms with Gasteiger partial charge in [-0.05, 0) is 0 Å². The number of hydrogen-bond acceptors (Lipinski definition) is 1. The van der Waals surface area contributed by atoms with Gasteiger partial charge in [-0.2, -0.15) is 0 Å².